The average Bonchev–Trinajstić information content (AvgIpc) is 2.96. The van der Waals surface area contributed by atoms with Crippen molar-refractivity contribution in [2.45, 2.75) is 32.4 Å². The van der Waals surface area contributed by atoms with E-state index in [-0.39, 0.29) is 18.0 Å². The number of carbonyl (C=O) groups excluding carboxylic acids is 1. The number of esters is 1. The largest absolute Gasteiger partial charge is 0.496 e. The first kappa shape index (κ1) is 25.9. The molecule has 1 fully saturated rings. The third-order valence-electron chi connectivity index (χ3n) is 7.18. The summed E-state index contributed by atoms with van der Waals surface area (Å²) in [7, 11) is 3.32. The summed E-state index contributed by atoms with van der Waals surface area (Å²) in [5.41, 5.74) is 1.86. The molecule has 0 bridgehead atoms. The molecule has 2 aliphatic heterocycles. The lowest BCUT2D eigenvalue weighted by Gasteiger charge is -2.33. The number of fused-ring (bicyclic) bond motifs is 2. The Hall–Kier alpha value is -3.72. The fraction of sp³-hybridized carbons (Fsp3) is 0.448. The molecule has 3 heterocycles. The number of methoxy groups -OCH3 is 2. The molecule has 1 saturated heterocycles. The molecule has 0 spiro atoms. The van der Waals surface area contributed by atoms with Gasteiger partial charge < -0.3 is 33.9 Å². The first-order valence-electron chi connectivity index (χ1n) is 13.3. The summed E-state index contributed by atoms with van der Waals surface area (Å²) < 4.78 is 28.6. The number of anilines is 1. The summed E-state index contributed by atoms with van der Waals surface area (Å²) in [5, 5.41) is 3.14. The Labute approximate surface area is 223 Å². The van der Waals surface area contributed by atoms with Gasteiger partial charge in [0, 0.05) is 24.0 Å². The summed E-state index contributed by atoms with van der Waals surface area (Å²) in [5.74, 6) is 3.77. The van der Waals surface area contributed by atoms with Gasteiger partial charge in [0.05, 0.1) is 26.7 Å². The van der Waals surface area contributed by atoms with Crippen LogP contribution >= 0.6 is 0 Å². The average molecular weight is 523 g/mol. The summed E-state index contributed by atoms with van der Waals surface area (Å²) in [4.78, 5) is 19.7. The van der Waals surface area contributed by atoms with Crippen LogP contribution in [0.5, 0.6) is 23.0 Å². The van der Waals surface area contributed by atoms with Crippen molar-refractivity contribution < 1.29 is 33.8 Å². The number of nitrogens with zero attached hydrogens (tertiary/aromatic N) is 2. The van der Waals surface area contributed by atoms with Gasteiger partial charge in [0.1, 0.15) is 42.5 Å². The number of pyridine rings is 1. The lowest BCUT2D eigenvalue weighted by atomic mass is 9.96. The van der Waals surface area contributed by atoms with Gasteiger partial charge in [-0.1, -0.05) is 12.1 Å². The van der Waals surface area contributed by atoms with E-state index in [1.165, 1.54) is 0 Å². The van der Waals surface area contributed by atoms with Gasteiger partial charge in [-0.15, -0.1) is 0 Å². The third-order valence-corrected chi connectivity index (χ3v) is 7.18. The Bertz CT molecular complexity index is 1270. The number of aromatic nitrogens is 1. The van der Waals surface area contributed by atoms with Crippen molar-refractivity contribution in [1.82, 2.24) is 4.98 Å². The predicted octanol–water partition coefficient (Wildman–Crippen LogP) is 2.93. The molecule has 202 valence electrons. The second-order valence-corrected chi connectivity index (χ2v) is 9.58. The summed E-state index contributed by atoms with van der Waals surface area (Å²) in [6.45, 7) is 5.69. The van der Waals surface area contributed by atoms with Crippen molar-refractivity contribution in [2.75, 3.05) is 52.0 Å². The van der Waals surface area contributed by atoms with E-state index in [1.54, 1.807) is 14.2 Å². The van der Waals surface area contributed by atoms with Gasteiger partial charge in [-0.3, -0.25) is 4.79 Å². The molecule has 0 amide bonds. The fourth-order valence-corrected chi connectivity index (χ4v) is 5.20. The van der Waals surface area contributed by atoms with E-state index < -0.39 is 0 Å². The molecule has 9 nitrogen and oxygen atoms in total. The predicted molar refractivity (Wildman–Crippen MR) is 143 cm³/mol. The van der Waals surface area contributed by atoms with E-state index in [0.29, 0.717) is 25.5 Å². The highest BCUT2D eigenvalue weighted by atomic mass is 16.6. The standard InChI is InChI=1S/C29H35N3O6/c1-4-36-29(33)19-11-13-32(14-12-19)28-20(15-22-23(34-2)9-10-26(35-3)27(22)31-28)16-30-17-21-18-37-24-7-5-6-8-25(24)38-21/h5-10,15,19,21,30H,4,11-14,16-18H2,1-3H3/p+1. The topological polar surface area (TPSA) is 96.0 Å². The van der Waals surface area contributed by atoms with Crippen molar-refractivity contribution >= 4 is 22.7 Å². The Morgan fingerprint density at radius 1 is 1.08 bits per heavy atom. The first-order valence-corrected chi connectivity index (χ1v) is 13.3. The van der Waals surface area contributed by atoms with Crippen LogP contribution in [-0.2, 0) is 16.1 Å². The van der Waals surface area contributed by atoms with Crippen molar-refractivity contribution in [1.29, 1.82) is 0 Å². The molecule has 0 aliphatic carbocycles. The maximum atomic E-state index is 12.3. The van der Waals surface area contributed by atoms with Gasteiger partial charge in [-0.05, 0) is 50.1 Å². The minimum absolute atomic E-state index is 0.0447. The molecular formula is C29H36N3O6+. The number of carbonyl (C=O) groups is 1. The lowest BCUT2D eigenvalue weighted by Crippen LogP contribution is -2.85. The molecule has 1 atom stereocenters. The first-order chi connectivity index (χ1) is 18.6. The van der Waals surface area contributed by atoms with Gasteiger partial charge in [0.25, 0.3) is 0 Å². The van der Waals surface area contributed by atoms with Crippen molar-refractivity contribution in [3.63, 3.8) is 0 Å². The molecule has 9 heteroatoms. The molecule has 0 saturated carbocycles. The number of para-hydroxylation sites is 2. The molecule has 3 aromatic rings. The van der Waals surface area contributed by atoms with E-state index in [9.17, 15) is 4.79 Å². The summed E-state index contributed by atoms with van der Waals surface area (Å²) >= 11 is 0. The zero-order valence-electron chi connectivity index (χ0n) is 22.3. The molecule has 2 aromatic carbocycles. The monoisotopic (exact) mass is 522 g/mol. The van der Waals surface area contributed by atoms with Crippen LogP contribution in [0.2, 0.25) is 0 Å². The minimum Gasteiger partial charge on any atom is -0.496 e. The van der Waals surface area contributed by atoms with Gasteiger partial charge >= 0.3 is 5.97 Å². The van der Waals surface area contributed by atoms with Gasteiger partial charge in [0.2, 0.25) is 0 Å². The smallest absolute Gasteiger partial charge is 0.309 e. The highest BCUT2D eigenvalue weighted by Gasteiger charge is 2.29. The number of hydrogen-bond acceptors (Lipinski definition) is 8. The van der Waals surface area contributed by atoms with Gasteiger partial charge in [-0.25, -0.2) is 4.98 Å². The van der Waals surface area contributed by atoms with Crippen LogP contribution in [0.4, 0.5) is 5.82 Å². The maximum Gasteiger partial charge on any atom is 0.309 e. The molecule has 38 heavy (non-hydrogen) atoms. The normalized spacial score (nSPS) is 17.3. The molecule has 0 radical (unpaired) electrons. The van der Waals surface area contributed by atoms with Gasteiger partial charge in [0.15, 0.2) is 17.6 Å². The molecule has 1 aromatic heterocycles. The van der Waals surface area contributed by atoms with Crippen LogP contribution in [0.1, 0.15) is 25.3 Å². The number of hydrogen-bond donors (Lipinski definition) is 1. The van der Waals surface area contributed by atoms with Crippen LogP contribution in [0.15, 0.2) is 42.5 Å². The molecule has 1 unspecified atom stereocenters. The number of piperidine rings is 1. The second-order valence-electron chi connectivity index (χ2n) is 9.58. The number of ether oxygens (including phenoxy) is 5. The number of quaternary nitrogens is 1. The van der Waals surface area contributed by atoms with E-state index in [2.05, 4.69) is 16.3 Å². The maximum absolute atomic E-state index is 12.3. The van der Waals surface area contributed by atoms with Crippen LogP contribution in [0.25, 0.3) is 10.9 Å². The van der Waals surface area contributed by atoms with Crippen molar-refractivity contribution in [2.24, 2.45) is 5.92 Å². The Balaban J connectivity index is 1.37. The fourth-order valence-electron chi connectivity index (χ4n) is 5.20. The summed E-state index contributed by atoms with van der Waals surface area (Å²) in [6, 6.07) is 13.7. The van der Waals surface area contributed by atoms with E-state index in [4.69, 9.17) is 28.7 Å². The van der Waals surface area contributed by atoms with E-state index in [1.807, 2.05) is 43.3 Å². The second kappa shape index (κ2) is 11.8. The van der Waals surface area contributed by atoms with E-state index in [0.717, 1.165) is 72.0 Å². The quantitative estimate of drug-likeness (QED) is 0.429. The van der Waals surface area contributed by atoms with E-state index >= 15 is 0 Å². The SMILES string of the molecule is CCOC(=O)C1CCN(c2nc3c(OC)ccc(OC)c3cc2C[NH2+]CC2COc3ccccc3O2)CC1. The van der Waals surface area contributed by atoms with Crippen molar-refractivity contribution in [3.05, 3.63) is 48.0 Å². The summed E-state index contributed by atoms with van der Waals surface area (Å²) in [6.07, 6.45) is 1.43. The minimum atomic E-state index is -0.102. The zero-order valence-corrected chi connectivity index (χ0v) is 22.3. The Morgan fingerprint density at radius 3 is 2.55 bits per heavy atom. The number of rotatable bonds is 9. The molecule has 2 N–H and O–H groups in total. The highest BCUT2D eigenvalue weighted by Crippen LogP contribution is 2.36. The Kier molecular flexibility index (Phi) is 8.03. The van der Waals surface area contributed by atoms with Crippen LogP contribution in [0, 0.1) is 5.92 Å². The lowest BCUT2D eigenvalue weighted by molar-refractivity contribution is -0.676. The number of nitrogens with two attached hydrogens (primary N) is 1. The van der Waals surface area contributed by atoms with Crippen LogP contribution in [-0.4, -0.2) is 64.1 Å². The molecule has 5 rings (SSSR count). The Morgan fingerprint density at radius 2 is 1.82 bits per heavy atom. The van der Waals surface area contributed by atoms with Crippen LogP contribution in [0.3, 0.4) is 0 Å². The van der Waals surface area contributed by atoms with Gasteiger partial charge in [-0.2, -0.15) is 0 Å². The molecular weight excluding hydrogens is 486 g/mol. The molecule has 2 aliphatic rings. The number of benzene rings is 2. The highest BCUT2D eigenvalue weighted by molar-refractivity contribution is 5.92. The zero-order chi connectivity index (χ0) is 26.5. The van der Waals surface area contributed by atoms with Crippen LogP contribution < -0.4 is 29.2 Å². The van der Waals surface area contributed by atoms with Crippen molar-refractivity contribution in [3.8, 4) is 23.0 Å². The third kappa shape index (κ3) is 5.43.